The SMILES string of the molecule is CCOC(=O)C1=C(C)N=c2s/c(=C\c3ccc(OC(C)C)c(Br)c3)c(=O)n2[C@@H]1c1ccc(F)cc1. The summed E-state index contributed by atoms with van der Waals surface area (Å²) in [5.74, 6) is -0.248. The first-order valence-corrected chi connectivity index (χ1v) is 12.7. The van der Waals surface area contributed by atoms with Gasteiger partial charge in [0.1, 0.15) is 11.6 Å². The first kappa shape index (κ1) is 25.1. The van der Waals surface area contributed by atoms with E-state index in [0.717, 1.165) is 10.0 Å². The summed E-state index contributed by atoms with van der Waals surface area (Å²) in [6, 6.07) is 10.6. The Morgan fingerprint density at radius 1 is 1.26 bits per heavy atom. The fourth-order valence-corrected chi connectivity index (χ4v) is 5.40. The third kappa shape index (κ3) is 5.16. The van der Waals surface area contributed by atoms with Crippen molar-refractivity contribution in [2.45, 2.75) is 39.8 Å². The topological polar surface area (TPSA) is 69.9 Å². The lowest BCUT2D eigenvalue weighted by molar-refractivity contribution is -0.139. The number of carbonyl (C=O) groups excluding carboxylic acids is 1. The van der Waals surface area contributed by atoms with Crippen LogP contribution >= 0.6 is 27.3 Å². The van der Waals surface area contributed by atoms with Crippen LogP contribution in [-0.2, 0) is 9.53 Å². The van der Waals surface area contributed by atoms with Crippen LogP contribution in [0.15, 0.2) is 68.0 Å². The van der Waals surface area contributed by atoms with E-state index >= 15 is 0 Å². The molecule has 35 heavy (non-hydrogen) atoms. The van der Waals surface area contributed by atoms with Crippen LogP contribution in [0.3, 0.4) is 0 Å². The first-order valence-electron chi connectivity index (χ1n) is 11.1. The number of hydrogen-bond donors (Lipinski definition) is 0. The molecule has 4 rings (SSSR count). The largest absolute Gasteiger partial charge is 0.490 e. The number of ether oxygens (including phenoxy) is 2. The number of allylic oxidation sites excluding steroid dienone is 1. The van der Waals surface area contributed by atoms with Crippen LogP contribution in [0.5, 0.6) is 5.75 Å². The molecule has 1 aliphatic rings. The number of fused-ring (bicyclic) bond motifs is 1. The fourth-order valence-electron chi connectivity index (χ4n) is 3.86. The molecule has 0 radical (unpaired) electrons. The van der Waals surface area contributed by atoms with Gasteiger partial charge in [0.25, 0.3) is 5.56 Å². The lowest BCUT2D eigenvalue weighted by atomic mass is 9.96. The zero-order valence-electron chi connectivity index (χ0n) is 19.7. The Morgan fingerprint density at radius 3 is 2.60 bits per heavy atom. The van der Waals surface area contributed by atoms with E-state index in [2.05, 4.69) is 20.9 Å². The molecule has 9 heteroatoms. The Kier molecular flexibility index (Phi) is 7.37. The number of aromatic nitrogens is 1. The van der Waals surface area contributed by atoms with Crippen LogP contribution in [0.1, 0.15) is 44.9 Å². The second-order valence-electron chi connectivity index (χ2n) is 8.21. The van der Waals surface area contributed by atoms with Crippen molar-refractivity contribution in [2.75, 3.05) is 6.61 Å². The zero-order valence-corrected chi connectivity index (χ0v) is 22.1. The molecule has 0 N–H and O–H groups in total. The van der Waals surface area contributed by atoms with Gasteiger partial charge in [0, 0.05) is 0 Å². The lowest BCUT2D eigenvalue weighted by Gasteiger charge is -2.24. The van der Waals surface area contributed by atoms with E-state index in [1.807, 2.05) is 32.0 Å². The number of halogens is 2. The highest BCUT2D eigenvalue weighted by Gasteiger charge is 2.33. The minimum atomic E-state index is -0.776. The first-order chi connectivity index (χ1) is 16.7. The predicted octanol–water partition coefficient (Wildman–Crippen LogP) is 4.49. The van der Waals surface area contributed by atoms with E-state index in [-0.39, 0.29) is 23.8 Å². The van der Waals surface area contributed by atoms with Crippen molar-refractivity contribution < 1.29 is 18.7 Å². The Balaban J connectivity index is 1.87. The van der Waals surface area contributed by atoms with Crippen molar-refractivity contribution in [2.24, 2.45) is 4.99 Å². The van der Waals surface area contributed by atoms with Crippen molar-refractivity contribution in [1.29, 1.82) is 0 Å². The molecule has 1 atom stereocenters. The van der Waals surface area contributed by atoms with Crippen molar-refractivity contribution in [3.8, 4) is 5.75 Å². The standard InChI is InChI=1S/C26H24BrFN2O4S/c1-5-33-25(32)22-15(4)29-26-30(23(22)17-7-9-18(28)10-8-17)24(31)21(35-26)13-16-6-11-20(19(27)12-16)34-14(2)3/h6-14,23H,5H2,1-4H3/b21-13-/t23-/m1/s1. The molecule has 3 aromatic rings. The summed E-state index contributed by atoms with van der Waals surface area (Å²) < 4.78 is 27.4. The van der Waals surface area contributed by atoms with Gasteiger partial charge in [-0.1, -0.05) is 29.5 Å². The maximum Gasteiger partial charge on any atom is 0.338 e. The molecule has 0 fully saturated rings. The number of benzene rings is 2. The highest BCUT2D eigenvalue weighted by molar-refractivity contribution is 9.10. The number of nitrogens with zero attached hydrogens (tertiary/aromatic N) is 2. The molecule has 0 amide bonds. The van der Waals surface area contributed by atoms with E-state index in [1.165, 1.54) is 28.0 Å². The normalized spacial score (nSPS) is 15.7. The molecule has 2 aromatic carbocycles. The molecule has 0 saturated heterocycles. The molecule has 1 aliphatic heterocycles. The molecule has 1 aromatic heterocycles. The third-order valence-corrected chi connectivity index (χ3v) is 6.92. The molecular weight excluding hydrogens is 535 g/mol. The van der Waals surface area contributed by atoms with Gasteiger partial charge >= 0.3 is 5.97 Å². The van der Waals surface area contributed by atoms with Crippen LogP contribution in [0.25, 0.3) is 6.08 Å². The molecule has 0 unspecified atom stereocenters. The minimum Gasteiger partial charge on any atom is -0.490 e. The molecule has 6 nitrogen and oxygen atoms in total. The molecule has 182 valence electrons. The van der Waals surface area contributed by atoms with Crippen LogP contribution in [-0.4, -0.2) is 23.2 Å². The maximum absolute atomic E-state index is 13.7. The van der Waals surface area contributed by atoms with Gasteiger partial charge in [-0.3, -0.25) is 9.36 Å². The van der Waals surface area contributed by atoms with Gasteiger partial charge in [-0.2, -0.15) is 0 Å². The highest BCUT2D eigenvalue weighted by Crippen LogP contribution is 2.31. The van der Waals surface area contributed by atoms with Crippen molar-refractivity contribution in [1.82, 2.24) is 4.57 Å². The Labute approximate surface area is 214 Å². The number of carbonyl (C=O) groups is 1. The summed E-state index contributed by atoms with van der Waals surface area (Å²) in [5.41, 5.74) is 1.82. The Bertz CT molecular complexity index is 1490. The van der Waals surface area contributed by atoms with E-state index in [4.69, 9.17) is 9.47 Å². The van der Waals surface area contributed by atoms with Gasteiger partial charge in [0.15, 0.2) is 4.80 Å². The third-order valence-electron chi connectivity index (χ3n) is 5.32. The van der Waals surface area contributed by atoms with E-state index < -0.39 is 17.8 Å². The minimum absolute atomic E-state index is 0.0316. The van der Waals surface area contributed by atoms with Crippen molar-refractivity contribution >= 4 is 39.3 Å². The van der Waals surface area contributed by atoms with Gasteiger partial charge in [-0.15, -0.1) is 0 Å². The molecular formula is C26H24BrFN2O4S. The molecule has 0 aliphatic carbocycles. The molecule has 0 spiro atoms. The van der Waals surface area contributed by atoms with Gasteiger partial charge in [-0.25, -0.2) is 14.2 Å². The van der Waals surface area contributed by atoms with Crippen molar-refractivity contribution in [3.63, 3.8) is 0 Å². The van der Waals surface area contributed by atoms with Gasteiger partial charge in [0.2, 0.25) is 0 Å². The monoisotopic (exact) mass is 558 g/mol. The van der Waals surface area contributed by atoms with Crippen LogP contribution in [0.2, 0.25) is 0 Å². The van der Waals surface area contributed by atoms with E-state index in [0.29, 0.717) is 26.3 Å². The average Bonchev–Trinajstić information content (AvgIpc) is 3.09. The lowest BCUT2D eigenvalue weighted by Crippen LogP contribution is -2.39. The number of rotatable bonds is 6. The van der Waals surface area contributed by atoms with Crippen LogP contribution in [0, 0.1) is 5.82 Å². The average molecular weight is 559 g/mol. The molecule has 0 saturated carbocycles. The summed E-state index contributed by atoms with van der Waals surface area (Å²) in [5, 5.41) is 0. The van der Waals surface area contributed by atoms with Crippen LogP contribution in [0.4, 0.5) is 4.39 Å². The Hall–Kier alpha value is -3.04. The number of hydrogen-bond acceptors (Lipinski definition) is 6. The maximum atomic E-state index is 13.7. The molecule has 0 bridgehead atoms. The van der Waals surface area contributed by atoms with E-state index in [9.17, 15) is 14.0 Å². The smallest absolute Gasteiger partial charge is 0.338 e. The van der Waals surface area contributed by atoms with Crippen LogP contribution < -0.4 is 19.6 Å². The predicted molar refractivity (Wildman–Crippen MR) is 137 cm³/mol. The zero-order chi connectivity index (χ0) is 25.3. The number of thiazole rings is 1. The second kappa shape index (κ2) is 10.3. The second-order valence-corrected chi connectivity index (χ2v) is 10.1. The summed E-state index contributed by atoms with van der Waals surface area (Å²) >= 11 is 4.76. The molecule has 2 heterocycles. The summed E-state index contributed by atoms with van der Waals surface area (Å²) in [4.78, 5) is 31.5. The number of esters is 1. The van der Waals surface area contributed by atoms with Gasteiger partial charge in [0.05, 0.1) is 39.0 Å². The highest BCUT2D eigenvalue weighted by atomic mass is 79.9. The Morgan fingerprint density at radius 2 is 1.97 bits per heavy atom. The summed E-state index contributed by atoms with van der Waals surface area (Å²) in [6.45, 7) is 7.51. The van der Waals surface area contributed by atoms with Gasteiger partial charge < -0.3 is 9.47 Å². The summed E-state index contributed by atoms with van der Waals surface area (Å²) in [7, 11) is 0. The summed E-state index contributed by atoms with van der Waals surface area (Å²) in [6.07, 6.45) is 1.81. The van der Waals surface area contributed by atoms with E-state index in [1.54, 1.807) is 32.1 Å². The fraction of sp³-hybridized carbons (Fsp3) is 0.269. The quantitative estimate of drug-likeness (QED) is 0.418. The van der Waals surface area contributed by atoms with Crippen molar-refractivity contribution in [3.05, 3.63) is 94.8 Å². The van der Waals surface area contributed by atoms with Gasteiger partial charge in [-0.05, 0) is 85.1 Å².